The van der Waals surface area contributed by atoms with Gasteiger partial charge in [0.25, 0.3) is 11.4 Å². The maximum absolute atomic E-state index is 11.9. The first-order chi connectivity index (χ1) is 8.92. The van der Waals surface area contributed by atoms with Crippen LogP contribution in [0.3, 0.4) is 0 Å². The fourth-order valence-electron chi connectivity index (χ4n) is 1.67. The van der Waals surface area contributed by atoms with Crippen molar-refractivity contribution in [3.63, 3.8) is 0 Å². The third kappa shape index (κ3) is 3.28. The van der Waals surface area contributed by atoms with Crippen LogP contribution in [-0.2, 0) is 6.42 Å². The number of nitro groups is 2. The Morgan fingerprint density at radius 3 is 2.26 bits per heavy atom. The van der Waals surface area contributed by atoms with E-state index >= 15 is 0 Å². The minimum atomic E-state index is -0.736. The van der Waals surface area contributed by atoms with E-state index < -0.39 is 15.5 Å². The van der Waals surface area contributed by atoms with Crippen LogP contribution in [0.4, 0.5) is 11.4 Å². The Morgan fingerprint density at radius 1 is 1.21 bits per heavy atom. The van der Waals surface area contributed by atoms with Crippen LogP contribution < -0.4 is 0 Å². The van der Waals surface area contributed by atoms with Gasteiger partial charge in [-0.15, -0.1) is 0 Å². The van der Waals surface area contributed by atoms with Gasteiger partial charge in [-0.2, -0.15) is 0 Å². The highest BCUT2D eigenvalue weighted by Gasteiger charge is 2.25. The smallest absolute Gasteiger partial charge is 0.280 e. The lowest BCUT2D eigenvalue weighted by Crippen LogP contribution is -2.06. The molecule has 0 spiro atoms. The Hall–Kier alpha value is -1.96. The van der Waals surface area contributed by atoms with Crippen LogP contribution in [0.2, 0.25) is 0 Å². The topological polar surface area (TPSA) is 103 Å². The van der Waals surface area contributed by atoms with Crippen LogP contribution >= 0.6 is 11.8 Å². The number of benzene rings is 1. The molecule has 0 atom stereocenters. The molecule has 0 unspecified atom stereocenters. The number of hydrogen-bond donors (Lipinski definition) is 0. The highest BCUT2D eigenvalue weighted by atomic mass is 32.2. The molecular formula is C11H12N2O5S. The number of carbonyl (C=O) groups excluding carboxylic acids is 1. The molecule has 0 heterocycles. The summed E-state index contributed by atoms with van der Waals surface area (Å²) < 4.78 is 0. The van der Waals surface area contributed by atoms with Crippen molar-refractivity contribution in [2.45, 2.75) is 20.3 Å². The van der Waals surface area contributed by atoms with Crippen molar-refractivity contribution in [2.75, 3.05) is 5.75 Å². The zero-order valence-electron chi connectivity index (χ0n) is 10.4. The van der Waals surface area contributed by atoms with Gasteiger partial charge in [0.1, 0.15) is 0 Å². The number of non-ortho nitro benzene ring substituents is 1. The monoisotopic (exact) mass is 284 g/mol. The fraction of sp³-hybridized carbons (Fsp3) is 0.364. The highest BCUT2D eigenvalue weighted by Crippen LogP contribution is 2.31. The second-order valence-corrected chi connectivity index (χ2v) is 4.82. The SMILES string of the molecule is CCSC(=O)c1cc([N+](=O)[O-])cc([N+](=O)[O-])c1CC. The van der Waals surface area contributed by atoms with E-state index in [1.54, 1.807) is 13.8 Å². The van der Waals surface area contributed by atoms with Crippen LogP contribution in [0.15, 0.2) is 12.1 Å². The maximum Gasteiger partial charge on any atom is 0.280 e. The Balaban J connectivity index is 3.53. The number of carbonyl (C=O) groups is 1. The summed E-state index contributed by atoms with van der Waals surface area (Å²) >= 11 is 0.971. The molecule has 0 N–H and O–H groups in total. The van der Waals surface area contributed by atoms with Crippen LogP contribution in [-0.4, -0.2) is 20.7 Å². The molecule has 0 aliphatic rings. The molecule has 0 aliphatic heterocycles. The minimum Gasteiger partial charge on any atom is -0.282 e. The van der Waals surface area contributed by atoms with Gasteiger partial charge in [0, 0.05) is 17.2 Å². The average molecular weight is 284 g/mol. The molecule has 0 aliphatic carbocycles. The van der Waals surface area contributed by atoms with E-state index in [9.17, 15) is 25.0 Å². The van der Waals surface area contributed by atoms with Crippen molar-refractivity contribution in [1.29, 1.82) is 0 Å². The average Bonchev–Trinajstić information content (AvgIpc) is 2.36. The van der Waals surface area contributed by atoms with E-state index in [0.29, 0.717) is 5.75 Å². The van der Waals surface area contributed by atoms with Gasteiger partial charge < -0.3 is 0 Å². The summed E-state index contributed by atoms with van der Waals surface area (Å²) in [6, 6.07) is 2.00. The van der Waals surface area contributed by atoms with Gasteiger partial charge in [0.15, 0.2) is 0 Å². The third-order valence-corrected chi connectivity index (χ3v) is 3.24. The second-order valence-electron chi connectivity index (χ2n) is 3.58. The van der Waals surface area contributed by atoms with Gasteiger partial charge in [-0.3, -0.25) is 25.0 Å². The molecule has 8 heteroatoms. The molecule has 0 saturated carbocycles. The molecular weight excluding hydrogens is 272 g/mol. The second kappa shape index (κ2) is 6.28. The summed E-state index contributed by atoms with van der Waals surface area (Å²) in [5.41, 5.74) is -0.530. The molecule has 7 nitrogen and oxygen atoms in total. The summed E-state index contributed by atoms with van der Waals surface area (Å²) in [5.74, 6) is 0.498. The van der Waals surface area contributed by atoms with Gasteiger partial charge in [0.2, 0.25) is 5.12 Å². The van der Waals surface area contributed by atoms with Crippen molar-refractivity contribution < 1.29 is 14.6 Å². The molecule has 0 fully saturated rings. The van der Waals surface area contributed by atoms with Crippen molar-refractivity contribution in [2.24, 2.45) is 0 Å². The lowest BCUT2D eigenvalue weighted by Gasteiger charge is -2.07. The standard InChI is InChI=1S/C11H12N2O5S/c1-3-8-9(11(14)19-4-2)5-7(12(15)16)6-10(8)13(17)18/h5-6H,3-4H2,1-2H3. The van der Waals surface area contributed by atoms with Crippen molar-refractivity contribution in [1.82, 2.24) is 0 Å². The van der Waals surface area contributed by atoms with E-state index in [1.807, 2.05) is 0 Å². The summed E-state index contributed by atoms with van der Waals surface area (Å²) in [7, 11) is 0. The van der Waals surface area contributed by atoms with Crippen molar-refractivity contribution >= 4 is 28.3 Å². The van der Waals surface area contributed by atoms with Crippen LogP contribution in [0, 0.1) is 20.2 Å². The molecule has 0 bridgehead atoms. The number of hydrogen-bond acceptors (Lipinski definition) is 6. The number of rotatable bonds is 5. The maximum atomic E-state index is 11.9. The molecule has 1 rings (SSSR count). The van der Waals surface area contributed by atoms with Crippen molar-refractivity contribution in [3.8, 4) is 0 Å². The van der Waals surface area contributed by atoms with E-state index in [0.717, 1.165) is 23.9 Å². The Kier molecular flexibility index (Phi) is 4.99. The fourth-order valence-corrected chi connectivity index (χ4v) is 2.27. The van der Waals surface area contributed by atoms with Gasteiger partial charge in [0.05, 0.1) is 15.9 Å². The highest BCUT2D eigenvalue weighted by molar-refractivity contribution is 8.14. The molecule has 0 aromatic heterocycles. The van der Waals surface area contributed by atoms with Crippen LogP contribution in [0.5, 0.6) is 0 Å². The minimum absolute atomic E-state index is 0.0512. The first-order valence-corrected chi connectivity index (χ1v) is 6.53. The first-order valence-electron chi connectivity index (χ1n) is 5.55. The van der Waals surface area contributed by atoms with Gasteiger partial charge >= 0.3 is 0 Å². The van der Waals surface area contributed by atoms with E-state index in [1.165, 1.54) is 0 Å². The summed E-state index contributed by atoms with van der Waals surface area (Å²) in [4.78, 5) is 32.2. The van der Waals surface area contributed by atoms with Gasteiger partial charge in [-0.1, -0.05) is 25.6 Å². The largest absolute Gasteiger partial charge is 0.282 e. The molecule has 0 amide bonds. The summed E-state index contributed by atoms with van der Waals surface area (Å²) in [6.45, 7) is 3.43. The molecule has 19 heavy (non-hydrogen) atoms. The lowest BCUT2D eigenvalue weighted by molar-refractivity contribution is -0.394. The van der Waals surface area contributed by atoms with Crippen LogP contribution in [0.1, 0.15) is 29.8 Å². The van der Waals surface area contributed by atoms with E-state index in [-0.39, 0.29) is 28.4 Å². The number of thioether (sulfide) groups is 1. The summed E-state index contributed by atoms with van der Waals surface area (Å²) in [6.07, 6.45) is 0.264. The predicted molar refractivity (Wildman–Crippen MR) is 71.6 cm³/mol. The molecule has 1 aromatic carbocycles. The molecule has 0 saturated heterocycles. The molecule has 0 radical (unpaired) electrons. The summed E-state index contributed by atoms with van der Waals surface area (Å²) in [5, 5.41) is 21.3. The van der Waals surface area contributed by atoms with E-state index in [4.69, 9.17) is 0 Å². The zero-order chi connectivity index (χ0) is 14.6. The van der Waals surface area contributed by atoms with Crippen molar-refractivity contribution in [3.05, 3.63) is 43.5 Å². The quantitative estimate of drug-likeness (QED) is 0.608. The third-order valence-electron chi connectivity index (χ3n) is 2.47. The zero-order valence-corrected chi connectivity index (χ0v) is 11.2. The Labute approximate surface area is 113 Å². The number of nitro benzene ring substituents is 2. The van der Waals surface area contributed by atoms with Crippen LogP contribution in [0.25, 0.3) is 0 Å². The van der Waals surface area contributed by atoms with Gasteiger partial charge in [-0.05, 0) is 12.2 Å². The Morgan fingerprint density at radius 2 is 1.84 bits per heavy atom. The molecule has 102 valence electrons. The Bertz CT molecular complexity index is 544. The normalized spacial score (nSPS) is 10.2. The lowest BCUT2D eigenvalue weighted by atomic mass is 10.0. The number of nitrogens with zero attached hydrogens (tertiary/aromatic N) is 2. The molecule has 1 aromatic rings. The van der Waals surface area contributed by atoms with E-state index in [2.05, 4.69) is 0 Å². The predicted octanol–water partition coefficient (Wildman–Crippen LogP) is 2.96. The first kappa shape index (κ1) is 15.1. The van der Waals surface area contributed by atoms with Gasteiger partial charge in [-0.25, -0.2) is 0 Å².